The van der Waals surface area contributed by atoms with Crippen molar-refractivity contribution in [1.29, 1.82) is 0 Å². The highest BCUT2D eigenvalue weighted by Gasteiger charge is 2.44. The maximum Gasteiger partial charge on any atom is -0.000290 e. The van der Waals surface area contributed by atoms with Crippen LogP contribution >= 0.6 is 6.89 Å². The van der Waals surface area contributed by atoms with Gasteiger partial charge in [-0.3, -0.25) is 0 Å². The van der Waals surface area contributed by atoms with Crippen LogP contribution in [0.4, 0.5) is 0 Å². The van der Waals surface area contributed by atoms with E-state index in [0.29, 0.717) is 0 Å². The average molecular weight is 475 g/mol. The van der Waals surface area contributed by atoms with Crippen LogP contribution in [0.2, 0.25) is 0 Å². The molecule has 1 aliphatic heterocycles. The number of hydrogen-bond donors (Lipinski definition) is 0. The Hall–Kier alpha value is -4.12. The van der Waals surface area contributed by atoms with Crippen molar-refractivity contribution >= 4 is 63.2 Å². The number of rotatable bonds is 3. The van der Waals surface area contributed by atoms with Crippen LogP contribution in [0.15, 0.2) is 115 Å². The molecule has 1 heteroatoms. The van der Waals surface area contributed by atoms with Crippen LogP contribution in [-0.4, -0.2) is 6.30 Å². The normalized spacial score (nSPS) is 16.3. The summed E-state index contributed by atoms with van der Waals surface area (Å²) in [5.74, 6) is 0. The van der Waals surface area contributed by atoms with Crippen molar-refractivity contribution in [2.24, 2.45) is 0 Å². The molecule has 0 aromatic heterocycles. The third-order valence-electron chi connectivity index (χ3n) is 7.98. The first-order valence-corrected chi connectivity index (χ1v) is 14.4. The Morgan fingerprint density at radius 2 is 0.889 bits per heavy atom. The lowest BCUT2D eigenvalue weighted by molar-refractivity contribution is 1.64. The monoisotopic (exact) mass is 474 g/mol. The minimum atomic E-state index is -2.19. The van der Waals surface area contributed by atoms with Gasteiger partial charge in [0.15, 0.2) is 0 Å². The molecule has 0 saturated carbocycles. The molecule has 168 valence electrons. The Morgan fingerprint density at radius 3 is 1.36 bits per heavy atom. The summed E-state index contributed by atoms with van der Waals surface area (Å²) in [4.78, 5) is 0. The fourth-order valence-corrected chi connectivity index (χ4v) is 10.4. The standard InChI is InChI=1S/C35H23P/c1-36(27-15-9-4-10-16-27)34(25-11-5-2-6-12-25)32-28-21-19-23-17-18-24-20-22-29(31(28)30(23)24)33(32)35(36)26-13-7-3-8-14-26/h2-22H,1H2. The second kappa shape index (κ2) is 7.20. The molecule has 0 nitrogen and oxygen atoms in total. The topological polar surface area (TPSA) is 0 Å². The van der Waals surface area contributed by atoms with Crippen molar-refractivity contribution < 1.29 is 0 Å². The lowest BCUT2D eigenvalue weighted by Gasteiger charge is -2.29. The Kier molecular flexibility index (Phi) is 4.02. The molecule has 0 fully saturated rings. The van der Waals surface area contributed by atoms with E-state index in [-0.39, 0.29) is 0 Å². The molecule has 8 rings (SSSR count). The molecule has 0 bridgehead atoms. The van der Waals surface area contributed by atoms with Crippen molar-refractivity contribution in [2.45, 2.75) is 0 Å². The smallest absolute Gasteiger partial charge is 0.000290 e. The Labute approximate surface area is 211 Å². The third-order valence-corrected chi connectivity index (χ3v) is 11.7. The van der Waals surface area contributed by atoms with Crippen molar-refractivity contribution in [3.8, 4) is 0 Å². The summed E-state index contributed by atoms with van der Waals surface area (Å²) in [6.45, 7) is -2.19. The summed E-state index contributed by atoms with van der Waals surface area (Å²) in [5.41, 5.74) is 10.7. The SMILES string of the molecule is C=P1(c2ccccc2)C(c2ccccc2)=C2C(=C1c1ccccc1)c1ccc3c4c(ccc2c14)C=C3. The first kappa shape index (κ1) is 20.1. The van der Waals surface area contributed by atoms with E-state index in [2.05, 4.69) is 127 Å². The molecule has 0 N–H and O–H groups in total. The quantitative estimate of drug-likeness (QED) is 0.225. The van der Waals surface area contributed by atoms with Crippen molar-refractivity contribution in [2.75, 3.05) is 0 Å². The van der Waals surface area contributed by atoms with Gasteiger partial charge in [0.1, 0.15) is 0 Å². The summed E-state index contributed by atoms with van der Waals surface area (Å²) in [7, 11) is 0. The van der Waals surface area contributed by atoms with Gasteiger partial charge in [-0.1, -0.05) is 134 Å². The second-order valence-corrected chi connectivity index (χ2v) is 12.8. The molecule has 2 aliphatic carbocycles. The number of hydrogen-bond acceptors (Lipinski definition) is 0. The van der Waals surface area contributed by atoms with Crippen LogP contribution in [0.5, 0.6) is 0 Å². The summed E-state index contributed by atoms with van der Waals surface area (Å²) >= 11 is 0. The number of allylic oxidation sites excluding steroid dienone is 2. The summed E-state index contributed by atoms with van der Waals surface area (Å²) in [6, 6.07) is 42.3. The first-order chi connectivity index (χ1) is 17.8. The van der Waals surface area contributed by atoms with Crippen LogP contribution in [0.1, 0.15) is 33.4 Å². The molecule has 0 spiro atoms. The Bertz CT molecular complexity index is 1760. The molecular weight excluding hydrogens is 451 g/mol. The molecule has 5 aromatic carbocycles. The van der Waals surface area contributed by atoms with Crippen molar-refractivity contribution in [3.05, 3.63) is 149 Å². The molecule has 36 heavy (non-hydrogen) atoms. The molecule has 0 saturated heterocycles. The van der Waals surface area contributed by atoms with Gasteiger partial charge in [0.25, 0.3) is 0 Å². The van der Waals surface area contributed by atoms with E-state index in [1.165, 1.54) is 71.2 Å². The van der Waals surface area contributed by atoms with Gasteiger partial charge in [-0.15, -0.1) is 0 Å². The van der Waals surface area contributed by atoms with E-state index in [9.17, 15) is 0 Å². The van der Waals surface area contributed by atoms with E-state index in [1.807, 2.05) is 0 Å². The van der Waals surface area contributed by atoms with E-state index in [4.69, 9.17) is 6.30 Å². The molecule has 5 aromatic rings. The fraction of sp³-hybridized carbons (Fsp3) is 0. The van der Waals surface area contributed by atoms with Crippen LogP contribution in [0.25, 0.3) is 44.7 Å². The zero-order valence-corrected chi connectivity index (χ0v) is 20.7. The minimum absolute atomic E-state index is 1.28. The Morgan fingerprint density at radius 1 is 0.444 bits per heavy atom. The lowest BCUT2D eigenvalue weighted by atomic mass is 9.97. The largest absolute Gasteiger partial charge is 0.0886 e. The van der Waals surface area contributed by atoms with Gasteiger partial charge in [-0.2, -0.15) is 0 Å². The van der Waals surface area contributed by atoms with Crippen molar-refractivity contribution in [3.63, 3.8) is 0 Å². The number of fused-ring (bicyclic) bond motifs is 3. The lowest BCUT2D eigenvalue weighted by Crippen LogP contribution is -2.07. The van der Waals surface area contributed by atoms with Crippen LogP contribution < -0.4 is 5.30 Å². The van der Waals surface area contributed by atoms with Crippen LogP contribution in [0, 0.1) is 0 Å². The highest BCUT2D eigenvalue weighted by molar-refractivity contribution is 7.98. The molecule has 3 aliphatic rings. The van der Waals surface area contributed by atoms with Crippen LogP contribution in [-0.2, 0) is 0 Å². The zero-order chi connectivity index (χ0) is 23.9. The number of benzene rings is 5. The van der Waals surface area contributed by atoms with Crippen LogP contribution in [0.3, 0.4) is 0 Å². The highest BCUT2D eigenvalue weighted by Crippen LogP contribution is 2.78. The molecule has 0 amide bonds. The van der Waals surface area contributed by atoms with Gasteiger partial charge in [0.05, 0.1) is 0 Å². The molecule has 0 atom stereocenters. The molecule has 0 unspecified atom stereocenters. The van der Waals surface area contributed by atoms with Gasteiger partial charge in [-0.05, 0) is 78.1 Å². The van der Waals surface area contributed by atoms with Crippen molar-refractivity contribution in [1.82, 2.24) is 0 Å². The van der Waals surface area contributed by atoms with Gasteiger partial charge < -0.3 is 0 Å². The van der Waals surface area contributed by atoms with E-state index >= 15 is 0 Å². The maximum atomic E-state index is 5.20. The molecule has 1 heterocycles. The van der Waals surface area contributed by atoms with Gasteiger partial charge in [0, 0.05) is 0 Å². The predicted molar refractivity (Wildman–Crippen MR) is 160 cm³/mol. The summed E-state index contributed by atoms with van der Waals surface area (Å²) in [6.07, 6.45) is 9.72. The Balaban J connectivity index is 1.60. The minimum Gasteiger partial charge on any atom is -0.0886 e. The average Bonchev–Trinajstić information content (AvgIpc) is 3.58. The fourth-order valence-electron chi connectivity index (χ4n) is 6.54. The molecule has 0 radical (unpaired) electrons. The van der Waals surface area contributed by atoms with Gasteiger partial charge in [0.2, 0.25) is 0 Å². The summed E-state index contributed by atoms with van der Waals surface area (Å²) < 4.78 is 0. The highest BCUT2D eigenvalue weighted by atomic mass is 31.2. The maximum absolute atomic E-state index is 5.20. The molecular formula is C35H23P. The van der Waals surface area contributed by atoms with E-state index in [1.54, 1.807) is 0 Å². The first-order valence-electron chi connectivity index (χ1n) is 12.5. The zero-order valence-electron chi connectivity index (χ0n) is 19.8. The third kappa shape index (κ3) is 2.45. The second-order valence-electron chi connectivity index (χ2n) is 9.81. The van der Waals surface area contributed by atoms with Gasteiger partial charge >= 0.3 is 0 Å². The van der Waals surface area contributed by atoms with E-state index in [0.717, 1.165) is 0 Å². The summed E-state index contributed by atoms with van der Waals surface area (Å²) in [5, 5.41) is 6.94. The van der Waals surface area contributed by atoms with E-state index < -0.39 is 6.89 Å². The predicted octanol–water partition coefficient (Wildman–Crippen LogP) is 8.86. The van der Waals surface area contributed by atoms with Gasteiger partial charge in [-0.25, -0.2) is 0 Å².